The lowest BCUT2D eigenvalue weighted by molar-refractivity contribution is 0.204. The molecule has 2 amide bonds. The maximum atomic E-state index is 12.1. The number of carbonyl (C=O) groups excluding carboxylic acids is 1. The van der Waals surface area contributed by atoms with Crippen LogP contribution in [0.3, 0.4) is 0 Å². The Hall–Kier alpha value is -1.55. The molecule has 0 unspecified atom stereocenters. The average Bonchev–Trinajstić information content (AvgIpc) is 2.48. The molecule has 4 nitrogen and oxygen atoms in total. The van der Waals surface area contributed by atoms with E-state index >= 15 is 0 Å². The molecule has 1 aliphatic heterocycles. The Kier molecular flexibility index (Phi) is 3.69. The Morgan fingerprint density at radius 1 is 1.11 bits per heavy atom. The number of carbonyl (C=O) groups is 1. The van der Waals surface area contributed by atoms with E-state index in [4.69, 9.17) is 0 Å². The Bertz CT molecular complexity index is 466. The van der Waals surface area contributed by atoms with Crippen LogP contribution in [0.15, 0.2) is 18.2 Å². The minimum atomic E-state index is 0.0252. The summed E-state index contributed by atoms with van der Waals surface area (Å²) in [5.74, 6) is 0. The standard InChI is InChI=1S/C15H21N3O/c19-15(18-9-7-16-8-10-18)17-14-6-5-12-3-1-2-4-13(12)11-14/h5-6,11,16H,1-4,7-10H2,(H,17,19). The van der Waals surface area contributed by atoms with Crippen LogP contribution in [0.25, 0.3) is 0 Å². The smallest absolute Gasteiger partial charge is 0.321 e. The van der Waals surface area contributed by atoms with E-state index in [0.717, 1.165) is 38.3 Å². The van der Waals surface area contributed by atoms with Gasteiger partial charge < -0.3 is 15.5 Å². The predicted octanol–water partition coefficient (Wildman–Crippen LogP) is 2.00. The van der Waals surface area contributed by atoms with E-state index in [-0.39, 0.29) is 6.03 Å². The van der Waals surface area contributed by atoms with Gasteiger partial charge in [-0.2, -0.15) is 0 Å². The number of nitrogens with one attached hydrogen (secondary N) is 2. The molecule has 1 heterocycles. The topological polar surface area (TPSA) is 44.4 Å². The fraction of sp³-hybridized carbons (Fsp3) is 0.533. The largest absolute Gasteiger partial charge is 0.322 e. The number of aryl methyl sites for hydroxylation is 2. The summed E-state index contributed by atoms with van der Waals surface area (Å²) in [6, 6.07) is 6.37. The van der Waals surface area contributed by atoms with Crippen molar-refractivity contribution in [2.24, 2.45) is 0 Å². The van der Waals surface area contributed by atoms with E-state index in [0.29, 0.717) is 0 Å². The molecule has 1 saturated heterocycles. The monoisotopic (exact) mass is 259 g/mol. The van der Waals surface area contributed by atoms with Crippen LogP contribution in [0.5, 0.6) is 0 Å². The van der Waals surface area contributed by atoms with Crippen LogP contribution >= 0.6 is 0 Å². The van der Waals surface area contributed by atoms with Crippen LogP contribution in [0, 0.1) is 0 Å². The molecule has 3 rings (SSSR count). The number of urea groups is 1. The third-order valence-corrected chi connectivity index (χ3v) is 4.00. The number of anilines is 1. The maximum absolute atomic E-state index is 12.1. The molecule has 2 aliphatic rings. The number of rotatable bonds is 1. The van der Waals surface area contributed by atoms with Crippen LogP contribution in [-0.2, 0) is 12.8 Å². The number of nitrogens with zero attached hydrogens (tertiary/aromatic N) is 1. The summed E-state index contributed by atoms with van der Waals surface area (Å²) in [6.07, 6.45) is 4.88. The number of benzene rings is 1. The first-order valence-electron chi connectivity index (χ1n) is 7.21. The normalized spacial score (nSPS) is 18.8. The van der Waals surface area contributed by atoms with Crippen LogP contribution in [0.2, 0.25) is 0 Å². The first kappa shape index (κ1) is 12.5. The highest BCUT2D eigenvalue weighted by Gasteiger charge is 2.16. The van der Waals surface area contributed by atoms with E-state index in [9.17, 15) is 4.79 Å². The fourth-order valence-corrected chi connectivity index (χ4v) is 2.88. The summed E-state index contributed by atoms with van der Waals surface area (Å²) in [6.45, 7) is 3.35. The van der Waals surface area contributed by atoms with Crippen molar-refractivity contribution < 1.29 is 4.79 Å². The van der Waals surface area contributed by atoms with Crippen molar-refractivity contribution in [1.82, 2.24) is 10.2 Å². The van der Waals surface area contributed by atoms with Gasteiger partial charge in [-0.25, -0.2) is 4.79 Å². The van der Waals surface area contributed by atoms with Crippen molar-refractivity contribution in [3.63, 3.8) is 0 Å². The summed E-state index contributed by atoms with van der Waals surface area (Å²) in [5, 5.41) is 6.27. The van der Waals surface area contributed by atoms with Gasteiger partial charge in [0.15, 0.2) is 0 Å². The molecule has 0 atom stereocenters. The average molecular weight is 259 g/mol. The van der Waals surface area contributed by atoms with Gasteiger partial charge in [0.2, 0.25) is 0 Å². The third kappa shape index (κ3) is 2.89. The number of hydrogen-bond acceptors (Lipinski definition) is 2. The molecule has 19 heavy (non-hydrogen) atoms. The number of piperazine rings is 1. The van der Waals surface area contributed by atoms with Gasteiger partial charge in [0.05, 0.1) is 0 Å². The zero-order chi connectivity index (χ0) is 13.1. The lowest BCUT2D eigenvalue weighted by atomic mass is 9.91. The minimum Gasteiger partial charge on any atom is -0.322 e. The molecule has 1 aliphatic carbocycles. The van der Waals surface area contributed by atoms with Crippen LogP contribution in [0.1, 0.15) is 24.0 Å². The first-order chi connectivity index (χ1) is 9.33. The van der Waals surface area contributed by atoms with Crippen LogP contribution < -0.4 is 10.6 Å². The van der Waals surface area contributed by atoms with Gasteiger partial charge in [-0.3, -0.25) is 0 Å². The van der Waals surface area contributed by atoms with Gasteiger partial charge in [0, 0.05) is 31.9 Å². The zero-order valence-corrected chi connectivity index (χ0v) is 11.2. The van der Waals surface area contributed by atoms with Gasteiger partial charge >= 0.3 is 6.03 Å². The number of fused-ring (bicyclic) bond motifs is 1. The van der Waals surface area contributed by atoms with Crippen molar-refractivity contribution >= 4 is 11.7 Å². The maximum Gasteiger partial charge on any atom is 0.321 e. The zero-order valence-electron chi connectivity index (χ0n) is 11.2. The highest BCUT2D eigenvalue weighted by Crippen LogP contribution is 2.24. The minimum absolute atomic E-state index is 0.0252. The van der Waals surface area contributed by atoms with Gasteiger partial charge in [0.25, 0.3) is 0 Å². The molecule has 0 bridgehead atoms. The molecule has 0 aromatic heterocycles. The first-order valence-corrected chi connectivity index (χ1v) is 7.21. The van der Waals surface area contributed by atoms with Gasteiger partial charge in [0.1, 0.15) is 0 Å². The van der Waals surface area contributed by atoms with Crippen molar-refractivity contribution in [3.05, 3.63) is 29.3 Å². The molecule has 1 aromatic carbocycles. The Labute approximate surface area is 114 Å². The van der Waals surface area contributed by atoms with Crippen molar-refractivity contribution in [3.8, 4) is 0 Å². The quantitative estimate of drug-likeness (QED) is 0.810. The highest BCUT2D eigenvalue weighted by molar-refractivity contribution is 5.89. The second-order valence-electron chi connectivity index (χ2n) is 5.36. The molecule has 102 valence electrons. The van der Waals surface area contributed by atoms with E-state index in [1.54, 1.807) is 0 Å². The third-order valence-electron chi connectivity index (χ3n) is 4.00. The van der Waals surface area contributed by atoms with Crippen molar-refractivity contribution in [2.45, 2.75) is 25.7 Å². The Morgan fingerprint density at radius 2 is 1.84 bits per heavy atom. The van der Waals surface area contributed by atoms with Gasteiger partial charge in [-0.05, 0) is 48.9 Å². The van der Waals surface area contributed by atoms with Gasteiger partial charge in [-0.1, -0.05) is 6.07 Å². The molecule has 4 heteroatoms. The summed E-state index contributed by atoms with van der Waals surface area (Å²) in [7, 11) is 0. The highest BCUT2D eigenvalue weighted by atomic mass is 16.2. The lowest BCUT2D eigenvalue weighted by Crippen LogP contribution is -2.48. The molecule has 1 fully saturated rings. The summed E-state index contributed by atoms with van der Waals surface area (Å²) < 4.78 is 0. The number of hydrogen-bond donors (Lipinski definition) is 2. The molecule has 2 N–H and O–H groups in total. The molecule has 0 saturated carbocycles. The molecule has 0 spiro atoms. The van der Waals surface area contributed by atoms with E-state index in [1.165, 1.54) is 30.4 Å². The summed E-state index contributed by atoms with van der Waals surface area (Å²) >= 11 is 0. The molecular formula is C15H21N3O. The molecular weight excluding hydrogens is 238 g/mol. The Balaban J connectivity index is 1.67. The van der Waals surface area contributed by atoms with Crippen molar-refractivity contribution in [2.75, 3.05) is 31.5 Å². The van der Waals surface area contributed by atoms with Crippen molar-refractivity contribution in [1.29, 1.82) is 0 Å². The van der Waals surface area contributed by atoms with E-state index in [1.807, 2.05) is 11.0 Å². The van der Waals surface area contributed by atoms with Crippen LogP contribution in [0.4, 0.5) is 10.5 Å². The summed E-state index contributed by atoms with van der Waals surface area (Å²) in [4.78, 5) is 14.0. The second-order valence-corrected chi connectivity index (χ2v) is 5.36. The SMILES string of the molecule is O=C(Nc1ccc2c(c1)CCCC2)N1CCNCC1. The predicted molar refractivity (Wildman–Crippen MR) is 76.5 cm³/mol. The van der Waals surface area contributed by atoms with Crippen LogP contribution in [-0.4, -0.2) is 37.1 Å². The fourth-order valence-electron chi connectivity index (χ4n) is 2.88. The molecule has 1 aromatic rings. The summed E-state index contributed by atoms with van der Waals surface area (Å²) in [5.41, 5.74) is 3.79. The number of amides is 2. The Morgan fingerprint density at radius 3 is 2.63 bits per heavy atom. The lowest BCUT2D eigenvalue weighted by Gasteiger charge is -2.27. The second kappa shape index (κ2) is 5.61. The van der Waals surface area contributed by atoms with E-state index < -0.39 is 0 Å². The van der Waals surface area contributed by atoms with E-state index in [2.05, 4.69) is 22.8 Å². The molecule has 0 radical (unpaired) electrons. The van der Waals surface area contributed by atoms with Gasteiger partial charge in [-0.15, -0.1) is 0 Å².